The van der Waals surface area contributed by atoms with Crippen LogP contribution in [0, 0.1) is 35.0 Å². The highest BCUT2D eigenvalue weighted by atomic mass is 16.7. The molecule has 0 amide bonds. The fourth-order valence-corrected chi connectivity index (χ4v) is 8.41. The second-order valence-corrected chi connectivity index (χ2v) is 17.0. The second-order valence-electron chi connectivity index (χ2n) is 17.0. The third kappa shape index (κ3) is 12.8. The van der Waals surface area contributed by atoms with Crippen LogP contribution >= 0.6 is 0 Å². The number of aliphatic hydroxyl groups is 3. The van der Waals surface area contributed by atoms with E-state index in [-0.39, 0.29) is 23.8 Å². The van der Waals surface area contributed by atoms with Crippen molar-refractivity contribution >= 4 is 12.1 Å². The van der Waals surface area contributed by atoms with E-state index in [1.165, 1.54) is 0 Å². The maximum atomic E-state index is 14.2. The van der Waals surface area contributed by atoms with Crippen molar-refractivity contribution in [3.8, 4) is 0 Å². The van der Waals surface area contributed by atoms with Crippen molar-refractivity contribution in [3.05, 3.63) is 12.2 Å². The summed E-state index contributed by atoms with van der Waals surface area (Å²) in [5.74, 6) is -2.03. The van der Waals surface area contributed by atoms with Gasteiger partial charge in [0.1, 0.15) is 12.2 Å². The van der Waals surface area contributed by atoms with Crippen molar-refractivity contribution in [2.75, 3.05) is 27.8 Å². The van der Waals surface area contributed by atoms with Gasteiger partial charge in [-0.3, -0.25) is 4.79 Å². The van der Waals surface area contributed by atoms with Gasteiger partial charge in [-0.15, -0.1) is 0 Å². The minimum atomic E-state index is -1.43. The van der Waals surface area contributed by atoms with Crippen molar-refractivity contribution in [1.29, 1.82) is 0 Å². The van der Waals surface area contributed by atoms with Gasteiger partial charge < -0.3 is 53.7 Å². The minimum Gasteiger partial charge on any atom is -0.457 e. The number of cyclic esters (lactones) is 1. The van der Waals surface area contributed by atoms with E-state index in [1.54, 1.807) is 27.9 Å². The number of rotatable bonds is 14. The molecule has 2 aliphatic rings. The largest absolute Gasteiger partial charge is 0.506 e. The third-order valence-corrected chi connectivity index (χ3v) is 12.6. The SMILES string of the molecule is C=C1C(CC)OC(=O)C(C)C(O[C@H]2CC(C)(CCOC)[C@@H](O)C(C)O2)C(C)[C@@H](OC(C)[C@H](O)C(CC(C)O)N(C)C)CC[C@@H](C)[C@H](C)[C@H](C)[C@H]1OC(=O)O. The molecule has 9 unspecified atom stereocenters. The van der Waals surface area contributed by atoms with Crippen LogP contribution in [0.3, 0.4) is 0 Å². The Morgan fingerprint density at radius 1 is 1.06 bits per heavy atom. The Labute approximate surface area is 325 Å². The molecule has 4 N–H and O–H groups in total. The van der Waals surface area contributed by atoms with Gasteiger partial charge in [-0.05, 0) is 85.7 Å². The smallest absolute Gasteiger partial charge is 0.457 e. The number of carboxylic acid groups (broad SMARTS) is 1. The summed E-state index contributed by atoms with van der Waals surface area (Å²) >= 11 is 0. The monoisotopic (exact) mass is 774 g/mol. The molecule has 2 heterocycles. The molecule has 316 valence electrons. The molecular formula is C41H75NO12. The lowest BCUT2D eigenvalue weighted by atomic mass is 9.74. The summed E-state index contributed by atoms with van der Waals surface area (Å²) in [6, 6.07) is -0.381. The van der Waals surface area contributed by atoms with Gasteiger partial charge in [-0.25, -0.2) is 4.79 Å². The number of ether oxygens (including phenoxy) is 6. The predicted molar refractivity (Wildman–Crippen MR) is 206 cm³/mol. The third-order valence-electron chi connectivity index (χ3n) is 12.6. The Kier molecular flexibility index (Phi) is 19.3. The van der Waals surface area contributed by atoms with Gasteiger partial charge >= 0.3 is 12.1 Å². The highest BCUT2D eigenvalue weighted by Crippen LogP contribution is 2.42. The molecule has 2 fully saturated rings. The number of methoxy groups -OCH3 is 1. The summed E-state index contributed by atoms with van der Waals surface area (Å²) in [5, 5.41) is 42.7. The van der Waals surface area contributed by atoms with Gasteiger partial charge in [-0.2, -0.15) is 0 Å². The average molecular weight is 774 g/mol. The highest BCUT2D eigenvalue weighted by molar-refractivity contribution is 5.73. The van der Waals surface area contributed by atoms with E-state index in [1.807, 2.05) is 53.6 Å². The molecule has 2 aliphatic heterocycles. The van der Waals surface area contributed by atoms with Crippen LogP contribution in [-0.2, 0) is 33.2 Å². The van der Waals surface area contributed by atoms with E-state index < -0.39 is 90.6 Å². The molecule has 2 rings (SSSR count). The van der Waals surface area contributed by atoms with Crippen LogP contribution in [-0.4, -0.2) is 133 Å². The zero-order valence-corrected chi connectivity index (χ0v) is 35.4. The van der Waals surface area contributed by atoms with Crippen molar-refractivity contribution < 1.29 is 58.4 Å². The number of carbonyl (C=O) groups is 2. The van der Waals surface area contributed by atoms with Crippen LogP contribution in [0.4, 0.5) is 4.79 Å². The molecule has 13 heteroatoms. The first-order valence-corrected chi connectivity index (χ1v) is 20.0. The van der Waals surface area contributed by atoms with E-state index >= 15 is 0 Å². The van der Waals surface area contributed by atoms with E-state index in [0.29, 0.717) is 50.7 Å². The van der Waals surface area contributed by atoms with Gasteiger partial charge in [-0.1, -0.05) is 48.1 Å². The maximum absolute atomic E-state index is 14.2. The lowest BCUT2D eigenvalue weighted by molar-refractivity contribution is -0.284. The Hall–Kier alpha value is -1.84. The molecule has 0 spiro atoms. The normalized spacial score (nSPS) is 38.5. The fraction of sp³-hybridized carbons (Fsp3) is 0.902. The van der Waals surface area contributed by atoms with Gasteiger partial charge in [0.15, 0.2) is 6.29 Å². The van der Waals surface area contributed by atoms with Crippen LogP contribution in [0.25, 0.3) is 0 Å². The first-order chi connectivity index (χ1) is 25.1. The molecular weight excluding hydrogens is 698 g/mol. The van der Waals surface area contributed by atoms with Crippen molar-refractivity contribution in [2.24, 2.45) is 35.0 Å². The summed E-state index contributed by atoms with van der Waals surface area (Å²) in [6.07, 6.45) is -5.92. The molecule has 0 aromatic carbocycles. The van der Waals surface area contributed by atoms with E-state index in [2.05, 4.69) is 20.4 Å². The molecule has 0 aromatic heterocycles. The zero-order valence-electron chi connectivity index (χ0n) is 35.4. The summed E-state index contributed by atoms with van der Waals surface area (Å²) in [4.78, 5) is 28.0. The lowest BCUT2D eigenvalue weighted by Crippen LogP contribution is -2.54. The number of aliphatic hydroxyl groups excluding tert-OH is 3. The standard InChI is InChI=1S/C41H75NO12/c1-15-32-26(6)36(54-40(47)48)25(5)24(4)22(2)16-17-33(50-29(9)35(44)31(42(12)13)20-23(3)43)27(7)37(28(8)39(46)52-32)53-34-21-41(11,18-19-49-14)38(45)30(10)51-34/h22-25,27-38,43-45H,6,15-21H2,1-5,7-14H3,(H,47,48)/t22-,23?,24+,25+,27?,28?,29?,30?,31?,32?,33+,34+,35+,36-,37?,38+,41?/m1/s1. The van der Waals surface area contributed by atoms with Gasteiger partial charge in [0.05, 0.1) is 48.6 Å². The number of likely N-dealkylation sites (N-methyl/N-ethyl adjacent to an activating group) is 1. The van der Waals surface area contributed by atoms with Crippen LogP contribution in [0.5, 0.6) is 0 Å². The Bertz CT molecular complexity index is 1170. The summed E-state index contributed by atoms with van der Waals surface area (Å²) in [5.41, 5.74) is -0.197. The van der Waals surface area contributed by atoms with Crippen molar-refractivity contribution in [2.45, 2.75) is 175 Å². The van der Waals surface area contributed by atoms with Crippen LogP contribution in [0.2, 0.25) is 0 Å². The van der Waals surface area contributed by atoms with Crippen molar-refractivity contribution in [1.82, 2.24) is 4.90 Å². The van der Waals surface area contributed by atoms with E-state index in [0.717, 1.165) is 0 Å². The first kappa shape index (κ1) is 48.3. The summed E-state index contributed by atoms with van der Waals surface area (Å²) in [7, 11) is 5.34. The summed E-state index contributed by atoms with van der Waals surface area (Å²) in [6.45, 7) is 23.7. The quantitative estimate of drug-likeness (QED) is 0.126. The second kappa shape index (κ2) is 21.6. The van der Waals surface area contributed by atoms with E-state index in [9.17, 15) is 30.0 Å². The lowest BCUT2D eigenvalue weighted by Gasteiger charge is -2.47. The minimum absolute atomic E-state index is 0.0234. The van der Waals surface area contributed by atoms with Crippen LogP contribution in [0.15, 0.2) is 12.2 Å². The van der Waals surface area contributed by atoms with E-state index in [4.69, 9.17) is 28.4 Å². The number of hydrogen-bond acceptors (Lipinski definition) is 12. The molecule has 2 saturated heterocycles. The molecule has 0 aliphatic carbocycles. The number of esters is 1. The average Bonchev–Trinajstić information content (AvgIpc) is 3.11. The number of nitrogens with zero attached hydrogens (tertiary/aromatic N) is 1. The zero-order chi connectivity index (χ0) is 41.2. The molecule has 0 radical (unpaired) electrons. The first-order valence-electron chi connectivity index (χ1n) is 20.0. The fourth-order valence-electron chi connectivity index (χ4n) is 8.41. The Morgan fingerprint density at radius 3 is 2.22 bits per heavy atom. The Morgan fingerprint density at radius 2 is 1.69 bits per heavy atom. The van der Waals surface area contributed by atoms with Gasteiger partial charge in [0.2, 0.25) is 0 Å². The summed E-state index contributed by atoms with van der Waals surface area (Å²) < 4.78 is 36.9. The van der Waals surface area contributed by atoms with Gasteiger partial charge in [0, 0.05) is 49.0 Å². The molecule has 0 bridgehead atoms. The molecule has 0 aromatic rings. The Balaban J connectivity index is 2.67. The predicted octanol–water partition coefficient (Wildman–Crippen LogP) is 5.66. The maximum Gasteiger partial charge on any atom is 0.506 e. The number of carbonyl (C=O) groups excluding carboxylic acids is 1. The van der Waals surface area contributed by atoms with Crippen LogP contribution < -0.4 is 0 Å². The number of hydrogen-bond donors (Lipinski definition) is 4. The van der Waals surface area contributed by atoms with Crippen molar-refractivity contribution in [3.63, 3.8) is 0 Å². The molecule has 54 heavy (non-hydrogen) atoms. The van der Waals surface area contributed by atoms with Crippen LogP contribution in [0.1, 0.15) is 108 Å². The molecule has 13 nitrogen and oxygen atoms in total. The highest BCUT2D eigenvalue weighted by Gasteiger charge is 2.48. The van der Waals surface area contributed by atoms with Gasteiger partial charge in [0.25, 0.3) is 0 Å². The molecule has 17 atom stereocenters. The topological polar surface area (TPSA) is 174 Å². The molecule has 0 saturated carbocycles.